The van der Waals surface area contributed by atoms with Crippen LogP contribution in [0.3, 0.4) is 0 Å². The number of ether oxygens (including phenoxy) is 1. The highest BCUT2D eigenvalue weighted by Crippen LogP contribution is 2.34. The van der Waals surface area contributed by atoms with Crippen LogP contribution in [-0.4, -0.2) is 53.2 Å². The van der Waals surface area contributed by atoms with Crippen molar-refractivity contribution in [2.75, 3.05) is 25.9 Å². The van der Waals surface area contributed by atoms with Gasteiger partial charge in [-0.15, -0.1) is 12.4 Å². The Labute approximate surface area is 202 Å². The van der Waals surface area contributed by atoms with Crippen LogP contribution in [0.1, 0.15) is 5.56 Å². The topological polar surface area (TPSA) is 129 Å². The van der Waals surface area contributed by atoms with Gasteiger partial charge in [0, 0.05) is 29.7 Å². The summed E-state index contributed by atoms with van der Waals surface area (Å²) in [4.78, 5) is -0.287. The summed E-state index contributed by atoms with van der Waals surface area (Å²) < 4.78 is 59.6. The SMILES string of the molecule is CS(=O)(=O)NC1CNCCN1S(=O)(=O)c1cc(C#N)ccc1Oc1cc(Cl)cc(Cl)c1.Cl. The van der Waals surface area contributed by atoms with Crippen LogP contribution in [0.4, 0.5) is 0 Å². The molecular formula is C18H19Cl3N4O5S2. The Morgan fingerprint density at radius 1 is 1.16 bits per heavy atom. The third-order valence-electron chi connectivity index (χ3n) is 4.27. The van der Waals surface area contributed by atoms with Crippen molar-refractivity contribution in [2.45, 2.75) is 11.1 Å². The maximum atomic E-state index is 13.5. The van der Waals surface area contributed by atoms with Crippen LogP contribution in [0, 0.1) is 11.3 Å². The van der Waals surface area contributed by atoms with E-state index in [0.717, 1.165) is 10.6 Å². The second-order valence-electron chi connectivity index (χ2n) is 6.71. The minimum atomic E-state index is -4.26. The van der Waals surface area contributed by atoms with Gasteiger partial charge in [-0.2, -0.15) is 14.3 Å². The van der Waals surface area contributed by atoms with Gasteiger partial charge in [-0.05, 0) is 36.4 Å². The number of benzene rings is 2. The second kappa shape index (κ2) is 10.5. The molecule has 1 atom stereocenters. The summed E-state index contributed by atoms with van der Waals surface area (Å²) in [5, 5.41) is 12.8. The quantitative estimate of drug-likeness (QED) is 0.575. The minimum absolute atomic E-state index is 0. The lowest BCUT2D eigenvalue weighted by Crippen LogP contribution is -2.60. The van der Waals surface area contributed by atoms with Crippen LogP contribution >= 0.6 is 35.6 Å². The van der Waals surface area contributed by atoms with Crippen molar-refractivity contribution in [3.05, 3.63) is 52.0 Å². The Hall–Kier alpha value is -1.62. The standard InChI is InChI=1S/C18H18Cl2N4O5S2.ClH/c1-30(25,26)23-18-11-22-4-5-24(18)31(27,28)17-6-12(10-21)2-3-16(17)29-15-8-13(19)7-14(20)9-15;/h2-3,6-9,18,22-23H,4-5,11H2,1H3;1H. The molecule has 0 aliphatic carbocycles. The number of piperazine rings is 1. The van der Waals surface area contributed by atoms with Gasteiger partial charge in [0.15, 0.2) is 0 Å². The first kappa shape index (κ1) is 26.6. The van der Waals surface area contributed by atoms with E-state index in [-0.39, 0.29) is 47.5 Å². The maximum absolute atomic E-state index is 13.5. The fraction of sp³-hybridized carbons (Fsp3) is 0.278. The van der Waals surface area contributed by atoms with E-state index >= 15 is 0 Å². The zero-order valence-electron chi connectivity index (χ0n) is 16.6. The summed E-state index contributed by atoms with van der Waals surface area (Å²) in [5.41, 5.74) is 0.0952. The normalized spacial score (nSPS) is 17.2. The summed E-state index contributed by atoms with van der Waals surface area (Å²) in [6.07, 6.45) is -0.104. The van der Waals surface area contributed by atoms with E-state index in [2.05, 4.69) is 10.0 Å². The number of hydrogen-bond acceptors (Lipinski definition) is 7. The van der Waals surface area contributed by atoms with Crippen molar-refractivity contribution in [3.8, 4) is 17.6 Å². The number of halogens is 3. The molecular weight excluding hydrogens is 523 g/mol. The van der Waals surface area contributed by atoms with Crippen LogP contribution in [0.2, 0.25) is 10.0 Å². The number of hydrogen-bond donors (Lipinski definition) is 2. The first-order chi connectivity index (χ1) is 14.5. The Morgan fingerprint density at radius 3 is 2.41 bits per heavy atom. The van der Waals surface area contributed by atoms with E-state index < -0.39 is 26.2 Å². The highest BCUT2D eigenvalue weighted by Gasteiger charge is 2.37. The van der Waals surface area contributed by atoms with Gasteiger partial charge in [0.1, 0.15) is 22.6 Å². The first-order valence-corrected chi connectivity index (χ1v) is 13.0. The van der Waals surface area contributed by atoms with Gasteiger partial charge in [0.25, 0.3) is 0 Å². The van der Waals surface area contributed by atoms with Gasteiger partial charge >= 0.3 is 0 Å². The predicted octanol–water partition coefficient (Wildman–Crippen LogP) is 2.55. The number of nitriles is 1. The van der Waals surface area contributed by atoms with Crippen LogP contribution in [0.15, 0.2) is 41.3 Å². The van der Waals surface area contributed by atoms with E-state index in [1.54, 1.807) is 0 Å². The Bertz CT molecular complexity index is 1230. The molecule has 1 aliphatic rings. The molecule has 2 aromatic carbocycles. The van der Waals surface area contributed by atoms with E-state index in [4.69, 9.17) is 27.9 Å². The molecule has 0 spiro atoms. The van der Waals surface area contributed by atoms with Crippen LogP contribution in [0.5, 0.6) is 11.5 Å². The summed E-state index contributed by atoms with van der Waals surface area (Å²) in [5.74, 6) is 0.138. The smallest absolute Gasteiger partial charge is 0.248 e. The van der Waals surface area contributed by atoms with E-state index in [1.165, 1.54) is 36.4 Å². The lowest BCUT2D eigenvalue weighted by molar-refractivity contribution is 0.255. The van der Waals surface area contributed by atoms with Crippen LogP contribution < -0.4 is 14.8 Å². The molecule has 1 heterocycles. The van der Waals surface area contributed by atoms with Crippen molar-refractivity contribution in [1.82, 2.24) is 14.3 Å². The van der Waals surface area contributed by atoms with Crippen molar-refractivity contribution >= 4 is 55.7 Å². The van der Waals surface area contributed by atoms with Crippen LogP contribution in [-0.2, 0) is 20.0 Å². The molecule has 1 unspecified atom stereocenters. The fourth-order valence-corrected chi connectivity index (χ4v) is 5.99. The molecule has 174 valence electrons. The fourth-order valence-electron chi connectivity index (χ4n) is 3.03. The maximum Gasteiger partial charge on any atom is 0.248 e. The Balaban J connectivity index is 0.00000363. The molecule has 14 heteroatoms. The highest BCUT2D eigenvalue weighted by atomic mass is 35.5. The third-order valence-corrected chi connectivity index (χ3v) is 7.33. The van der Waals surface area contributed by atoms with E-state index in [1.807, 2.05) is 6.07 Å². The monoisotopic (exact) mass is 540 g/mol. The molecule has 0 radical (unpaired) electrons. The Morgan fingerprint density at radius 2 is 1.81 bits per heavy atom. The average molecular weight is 542 g/mol. The van der Waals surface area contributed by atoms with Gasteiger partial charge in [0.2, 0.25) is 20.0 Å². The molecule has 1 fully saturated rings. The van der Waals surface area contributed by atoms with Gasteiger partial charge < -0.3 is 10.1 Å². The highest BCUT2D eigenvalue weighted by molar-refractivity contribution is 7.89. The molecule has 0 amide bonds. The van der Waals surface area contributed by atoms with E-state index in [0.29, 0.717) is 16.6 Å². The molecule has 32 heavy (non-hydrogen) atoms. The lowest BCUT2D eigenvalue weighted by atomic mass is 10.2. The number of nitrogens with one attached hydrogen (secondary N) is 2. The van der Waals surface area contributed by atoms with Gasteiger partial charge in [-0.1, -0.05) is 23.2 Å². The zero-order chi connectivity index (χ0) is 22.8. The minimum Gasteiger partial charge on any atom is -0.456 e. The molecule has 1 saturated heterocycles. The molecule has 0 saturated carbocycles. The largest absolute Gasteiger partial charge is 0.456 e. The summed E-state index contributed by atoms with van der Waals surface area (Å²) >= 11 is 12.0. The van der Waals surface area contributed by atoms with Crippen LogP contribution in [0.25, 0.3) is 0 Å². The molecule has 2 N–H and O–H groups in total. The van der Waals surface area contributed by atoms with Gasteiger partial charge in [-0.3, -0.25) is 0 Å². The van der Waals surface area contributed by atoms with Crippen molar-refractivity contribution in [2.24, 2.45) is 0 Å². The number of sulfonamides is 2. The molecule has 9 nitrogen and oxygen atoms in total. The zero-order valence-corrected chi connectivity index (χ0v) is 20.5. The third kappa shape index (κ3) is 6.46. The summed E-state index contributed by atoms with van der Waals surface area (Å²) in [6, 6.07) is 10.2. The number of rotatable bonds is 6. The predicted molar refractivity (Wildman–Crippen MR) is 123 cm³/mol. The average Bonchev–Trinajstić information content (AvgIpc) is 2.66. The molecule has 0 aromatic heterocycles. The van der Waals surface area contributed by atoms with Crippen molar-refractivity contribution in [3.63, 3.8) is 0 Å². The van der Waals surface area contributed by atoms with Crippen molar-refractivity contribution in [1.29, 1.82) is 5.26 Å². The molecule has 2 aromatic rings. The second-order valence-corrected chi connectivity index (χ2v) is 11.2. The van der Waals surface area contributed by atoms with E-state index in [9.17, 15) is 22.1 Å². The van der Waals surface area contributed by atoms with Crippen molar-refractivity contribution < 1.29 is 21.6 Å². The first-order valence-electron chi connectivity index (χ1n) is 8.87. The van der Waals surface area contributed by atoms with Gasteiger partial charge in [-0.25, -0.2) is 16.8 Å². The Kier molecular flexibility index (Phi) is 8.77. The molecule has 0 bridgehead atoms. The van der Waals surface area contributed by atoms with Gasteiger partial charge in [0.05, 0.1) is 17.9 Å². The number of nitrogens with zero attached hydrogens (tertiary/aromatic N) is 2. The molecule has 3 rings (SSSR count). The summed E-state index contributed by atoms with van der Waals surface area (Å²) in [6.45, 7) is 0.401. The lowest BCUT2D eigenvalue weighted by Gasteiger charge is -2.35. The molecule has 1 aliphatic heterocycles. The summed E-state index contributed by atoms with van der Waals surface area (Å²) in [7, 11) is -7.95.